The van der Waals surface area contributed by atoms with Crippen molar-refractivity contribution in [2.45, 2.75) is 85.0 Å². The van der Waals surface area contributed by atoms with E-state index in [2.05, 4.69) is 11.6 Å². The first-order valence-electron chi connectivity index (χ1n) is 10.5. The van der Waals surface area contributed by atoms with Gasteiger partial charge in [-0.2, -0.15) is 0 Å². The topological polar surface area (TPSA) is 63.2 Å². The molecule has 0 bridgehead atoms. The van der Waals surface area contributed by atoms with Gasteiger partial charge in [0.05, 0.1) is 5.69 Å². The van der Waals surface area contributed by atoms with Crippen LogP contribution in [-0.4, -0.2) is 25.0 Å². The van der Waals surface area contributed by atoms with Crippen molar-refractivity contribution >= 4 is 32.6 Å². The monoisotopic (exact) mass is 427 g/mol. The Morgan fingerprint density at radius 2 is 1.50 bits per heavy atom. The highest BCUT2D eigenvalue weighted by Gasteiger charge is 2.21. The molecule has 0 saturated heterocycles. The molecule has 4 nitrogen and oxygen atoms in total. The number of hydrogen-bond acceptors (Lipinski definition) is 4. The first-order chi connectivity index (χ1) is 13.2. The third kappa shape index (κ3) is 8.99. The smallest absolute Gasteiger partial charge is 0.240 e. The zero-order valence-corrected chi connectivity index (χ0v) is 19.7. The fraction of sp³-hybridized carbons (Fsp3) is 0.682. The third-order valence-corrected chi connectivity index (χ3v) is 7.00. The normalized spacial score (nSPS) is 12.0. The highest BCUT2D eigenvalue weighted by molar-refractivity contribution is 8.15. The molecule has 6 heteroatoms. The van der Waals surface area contributed by atoms with E-state index in [9.17, 15) is 13.2 Å². The molecule has 0 fully saturated rings. The number of para-hydroxylation sites is 1. The van der Waals surface area contributed by atoms with Gasteiger partial charge in [0.1, 0.15) is 5.75 Å². The van der Waals surface area contributed by atoms with Crippen LogP contribution in [0, 0.1) is 0 Å². The summed E-state index contributed by atoms with van der Waals surface area (Å²) in [4.78, 5) is 12.2. The number of rotatable bonds is 13. The van der Waals surface area contributed by atoms with E-state index in [-0.39, 0.29) is 17.0 Å². The maximum Gasteiger partial charge on any atom is 0.240 e. The third-order valence-electron chi connectivity index (χ3n) is 4.70. The summed E-state index contributed by atoms with van der Waals surface area (Å²) in [6.07, 6.45) is 6.96. The number of sulfonamides is 1. The Hall–Kier alpha value is -1.01. The van der Waals surface area contributed by atoms with Crippen LogP contribution in [0.1, 0.15) is 96.1 Å². The Balaban J connectivity index is 2.66. The summed E-state index contributed by atoms with van der Waals surface area (Å²) < 4.78 is 28.0. The van der Waals surface area contributed by atoms with Crippen LogP contribution in [0.2, 0.25) is 0 Å². The maximum absolute atomic E-state index is 12.6. The Morgan fingerprint density at radius 1 is 0.964 bits per heavy atom. The zero-order valence-electron chi connectivity index (χ0n) is 18.1. The van der Waals surface area contributed by atoms with Crippen LogP contribution in [-0.2, 0) is 14.8 Å². The number of hydrogen-bond donors (Lipinski definition) is 1. The number of benzene rings is 1. The lowest BCUT2D eigenvalue weighted by molar-refractivity contribution is -0.108. The molecule has 0 unspecified atom stereocenters. The van der Waals surface area contributed by atoms with Crippen molar-refractivity contribution in [1.29, 1.82) is 0 Å². The Morgan fingerprint density at radius 3 is 2.04 bits per heavy atom. The second-order valence-electron chi connectivity index (χ2n) is 7.97. The van der Waals surface area contributed by atoms with E-state index in [1.165, 1.54) is 25.7 Å². The molecular weight excluding hydrogens is 390 g/mol. The van der Waals surface area contributed by atoms with Crippen molar-refractivity contribution in [2.75, 3.05) is 16.2 Å². The van der Waals surface area contributed by atoms with Crippen LogP contribution in [0.25, 0.3) is 0 Å². The van der Waals surface area contributed by atoms with Crippen molar-refractivity contribution in [2.24, 2.45) is 0 Å². The number of anilines is 1. The lowest BCUT2D eigenvalue weighted by Crippen LogP contribution is -2.23. The summed E-state index contributed by atoms with van der Waals surface area (Å²) in [5, 5.41) is -0.283. The highest BCUT2D eigenvalue weighted by atomic mass is 32.2. The molecule has 0 aliphatic rings. The van der Waals surface area contributed by atoms with E-state index in [0.717, 1.165) is 35.7 Å². The van der Waals surface area contributed by atoms with Crippen molar-refractivity contribution < 1.29 is 13.2 Å². The van der Waals surface area contributed by atoms with E-state index in [1.807, 2.05) is 45.9 Å². The molecule has 1 aromatic rings. The summed E-state index contributed by atoms with van der Waals surface area (Å²) in [6, 6.07) is 5.86. The van der Waals surface area contributed by atoms with Gasteiger partial charge in [-0.25, -0.2) is 8.42 Å². The molecule has 0 aliphatic carbocycles. The molecule has 0 aliphatic heterocycles. The second-order valence-corrected chi connectivity index (χ2v) is 10.8. The fourth-order valence-electron chi connectivity index (χ4n) is 3.13. The van der Waals surface area contributed by atoms with Gasteiger partial charge in [-0.15, -0.1) is 0 Å². The van der Waals surface area contributed by atoms with E-state index < -0.39 is 15.8 Å². The average molecular weight is 428 g/mol. The highest BCUT2D eigenvalue weighted by Crippen LogP contribution is 2.33. The molecule has 0 radical (unpaired) electrons. The summed E-state index contributed by atoms with van der Waals surface area (Å²) in [5.74, 6) is 0.598. The SMILES string of the molecule is CCCCCCCCSC(=O)CS(=O)(=O)Nc1c(C(C)C)cccc1C(C)C. The van der Waals surface area contributed by atoms with Gasteiger partial charge in [-0.05, 0) is 29.4 Å². The quantitative estimate of drug-likeness (QED) is 0.375. The summed E-state index contributed by atoms with van der Waals surface area (Å²) >= 11 is 1.14. The van der Waals surface area contributed by atoms with E-state index >= 15 is 0 Å². The minimum atomic E-state index is -3.72. The van der Waals surface area contributed by atoms with Crippen molar-refractivity contribution in [3.05, 3.63) is 29.3 Å². The number of thioether (sulfide) groups is 1. The molecule has 0 atom stereocenters. The number of carbonyl (C=O) groups is 1. The zero-order chi connectivity index (χ0) is 21.2. The van der Waals surface area contributed by atoms with Gasteiger partial charge in [-0.1, -0.05) is 96.7 Å². The molecule has 0 heterocycles. The molecule has 0 amide bonds. The van der Waals surface area contributed by atoms with Crippen molar-refractivity contribution in [3.8, 4) is 0 Å². The molecule has 1 N–H and O–H groups in total. The average Bonchev–Trinajstić information content (AvgIpc) is 2.59. The van der Waals surface area contributed by atoms with Gasteiger partial charge in [0.2, 0.25) is 15.1 Å². The maximum atomic E-state index is 12.6. The summed E-state index contributed by atoms with van der Waals surface area (Å²) in [6.45, 7) is 10.3. The molecule has 28 heavy (non-hydrogen) atoms. The van der Waals surface area contributed by atoms with E-state index in [4.69, 9.17) is 0 Å². The Labute approximate surface area is 176 Å². The standard InChI is InChI=1S/C22H37NO3S2/c1-6-7-8-9-10-11-15-27-21(24)16-28(25,26)23-22-19(17(2)3)13-12-14-20(22)18(4)5/h12-14,17-18,23H,6-11,15-16H2,1-5H3. The minimum Gasteiger partial charge on any atom is -0.286 e. The lowest BCUT2D eigenvalue weighted by Gasteiger charge is -2.20. The van der Waals surface area contributed by atoms with Crippen molar-refractivity contribution in [3.63, 3.8) is 0 Å². The molecule has 1 aromatic carbocycles. The molecule has 0 saturated carbocycles. The van der Waals surface area contributed by atoms with Gasteiger partial charge >= 0.3 is 0 Å². The molecule has 0 aromatic heterocycles. The predicted molar refractivity (Wildman–Crippen MR) is 123 cm³/mol. The van der Waals surface area contributed by atoms with Gasteiger partial charge in [0.25, 0.3) is 0 Å². The number of nitrogens with one attached hydrogen (secondary N) is 1. The van der Waals surface area contributed by atoms with Gasteiger partial charge in [0, 0.05) is 5.75 Å². The van der Waals surface area contributed by atoms with Crippen LogP contribution < -0.4 is 4.72 Å². The fourth-order valence-corrected chi connectivity index (χ4v) is 5.43. The summed E-state index contributed by atoms with van der Waals surface area (Å²) in [7, 11) is -3.72. The minimum absolute atomic E-state index is 0.189. The van der Waals surface area contributed by atoms with Crippen LogP contribution in [0.5, 0.6) is 0 Å². The number of carbonyl (C=O) groups excluding carboxylic acids is 1. The van der Waals surface area contributed by atoms with E-state index in [1.54, 1.807) is 0 Å². The molecule has 160 valence electrons. The van der Waals surface area contributed by atoms with Crippen LogP contribution in [0.15, 0.2) is 18.2 Å². The second kappa shape index (κ2) is 12.5. The molecule has 0 spiro atoms. The summed E-state index contributed by atoms with van der Waals surface area (Å²) in [5.41, 5.74) is 2.56. The number of unbranched alkanes of at least 4 members (excludes halogenated alkanes) is 5. The van der Waals surface area contributed by atoms with Gasteiger partial charge < -0.3 is 0 Å². The van der Waals surface area contributed by atoms with Gasteiger partial charge in [0.15, 0.2) is 0 Å². The first kappa shape index (κ1) is 25.0. The predicted octanol–water partition coefficient (Wildman–Crippen LogP) is 6.30. The van der Waals surface area contributed by atoms with Gasteiger partial charge in [-0.3, -0.25) is 9.52 Å². The van der Waals surface area contributed by atoms with Crippen molar-refractivity contribution in [1.82, 2.24) is 0 Å². The Kier molecular flexibility index (Phi) is 11.2. The Bertz CT molecular complexity index is 686. The van der Waals surface area contributed by atoms with E-state index in [0.29, 0.717) is 11.4 Å². The lowest BCUT2D eigenvalue weighted by atomic mass is 9.93. The molecule has 1 rings (SSSR count). The molecular formula is C22H37NO3S2. The van der Waals surface area contributed by atoms with Crippen LogP contribution >= 0.6 is 11.8 Å². The van der Waals surface area contributed by atoms with Crippen LogP contribution in [0.3, 0.4) is 0 Å². The first-order valence-corrected chi connectivity index (χ1v) is 13.1. The largest absolute Gasteiger partial charge is 0.286 e. The van der Waals surface area contributed by atoms with Crippen LogP contribution in [0.4, 0.5) is 5.69 Å².